The van der Waals surface area contributed by atoms with Crippen molar-refractivity contribution in [3.8, 4) is 17.1 Å². The summed E-state index contributed by atoms with van der Waals surface area (Å²) in [5, 5.41) is 9.46. The lowest BCUT2D eigenvalue weighted by Gasteiger charge is -2.19. The average Bonchev–Trinajstić information content (AvgIpc) is 3.74. The summed E-state index contributed by atoms with van der Waals surface area (Å²) in [6.45, 7) is 14.7. The largest absolute Gasteiger partial charge is 0.298 e. The molecule has 3 aromatic carbocycles. The summed E-state index contributed by atoms with van der Waals surface area (Å²) < 4.78 is 4.59. The fraction of sp³-hybridized carbons (Fsp3) is 0.286. The second-order valence-corrected chi connectivity index (χ2v) is 13.8. The van der Waals surface area contributed by atoms with Gasteiger partial charge in [-0.05, 0) is 77.9 Å². The molecular formula is C42H48N10O3. The first kappa shape index (κ1) is 38.4. The second-order valence-electron chi connectivity index (χ2n) is 13.8. The summed E-state index contributed by atoms with van der Waals surface area (Å²) in [6.07, 6.45) is 4.90. The zero-order chi connectivity index (χ0) is 39.1. The van der Waals surface area contributed by atoms with Crippen LogP contribution in [0.25, 0.3) is 17.1 Å². The Hall–Kier alpha value is -6.34. The second kappa shape index (κ2) is 17.2. The molecule has 13 nitrogen and oxygen atoms in total. The average molecular weight is 741 g/mol. The molecule has 0 saturated heterocycles. The number of nitrogens with one attached hydrogen (secondary N) is 3. The van der Waals surface area contributed by atoms with Crippen LogP contribution in [0.1, 0.15) is 50.5 Å². The van der Waals surface area contributed by atoms with Gasteiger partial charge >= 0.3 is 0 Å². The maximum atomic E-state index is 13.2. The number of aliphatic imine (C=N–C) groups is 3. The Balaban J connectivity index is 1.13. The highest BCUT2D eigenvalue weighted by atomic mass is 16.1. The van der Waals surface area contributed by atoms with Crippen LogP contribution in [0.3, 0.4) is 0 Å². The molecule has 3 N–H and O–H groups in total. The van der Waals surface area contributed by atoms with Crippen molar-refractivity contribution in [2.24, 2.45) is 15.0 Å². The normalized spacial score (nSPS) is 12.1. The molecule has 6 aromatic rings. The van der Waals surface area contributed by atoms with Gasteiger partial charge in [0.15, 0.2) is 0 Å². The van der Waals surface area contributed by atoms with Crippen molar-refractivity contribution in [1.82, 2.24) is 34.2 Å². The Morgan fingerprint density at radius 3 is 0.964 bits per heavy atom. The molecule has 3 heterocycles. The van der Waals surface area contributed by atoms with E-state index in [1.54, 1.807) is 18.6 Å². The van der Waals surface area contributed by atoms with Crippen LogP contribution >= 0.6 is 0 Å². The first-order chi connectivity index (χ1) is 26.5. The van der Waals surface area contributed by atoms with Crippen molar-refractivity contribution in [2.75, 3.05) is 39.3 Å². The summed E-state index contributed by atoms with van der Waals surface area (Å²) in [6, 6.07) is 23.3. The lowest BCUT2D eigenvalue weighted by Crippen LogP contribution is -2.31. The highest BCUT2D eigenvalue weighted by molar-refractivity contribution is 5.81. The Bertz CT molecular complexity index is 2220. The molecule has 0 aliphatic carbocycles. The van der Waals surface area contributed by atoms with Crippen LogP contribution in [0.5, 0.6) is 0 Å². The topological polar surface area (TPSA) is 154 Å². The lowest BCUT2D eigenvalue weighted by molar-refractivity contribution is 0.298. The number of rotatable bonds is 15. The van der Waals surface area contributed by atoms with Gasteiger partial charge in [0.05, 0.1) is 53.4 Å². The minimum atomic E-state index is -0.159. The number of aromatic nitrogens is 6. The van der Waals surface area contributed by atoms with E-state index in [2.05, 4.69) is 35.2 Å². The fourth-order valence-electron chi connectivity index (χ4n) is 6.16. The van der Waals surface area contributed by atoms with Crippen LogP contribution in [0.15, 0.2) is 102 Å². The highest BCUT2D eigenvalue weighted by Gasteiger charge is 2.14. The van der Waals surface area contributed by atoms with E-state index in [-0.39, 0.29) is 16.7 Å². The Labute approximate surface area is 319 Å². The zero-order valence-corrected chi connectivity index (χ0v) is 32.3. The number of hydrogen-bond donors (Lipinski definition) is 3. The Morgan fingerprint density at radius 2 is 0.709 bits per heavy atom. The van der Waals surface area contributed by atoms with Crippen molar-refractivity contribution in [3.05, 3.63) is 154 Å². The molecule has 0 amide bonds. The van der Waals surface area contributed by atoms with E-state index in [1.807, 2.05) is 114 Å². The standard InChI is InChI=1S/C42H48N10O3/c1-28-7-13-34(14-8-28)50-40(53)37(31(4)46-50)25-43-19-22-49(23-20-44-26-38-32(5)47-51(41(38)54)35-15-9-29(2)10-16-35)24-21-45-27-39-33(6)48-52(42(39)55)36-17-11-30(3)12-18-36/h7-18,25-27,46-48H,19-24H2,1-6H3. The molecule has 55 heavy (non-hydrogen) atoms. The molecule has 0 spiro atoms. The van der Waals surface area contributed by atoms with Gasteiger partial charge in [-0.25, -0.2) is 14.0 Å². The quantitative estimate of drug-likeness (QED) is 0.128. The van der Waals surface area contributed by atoms with Gasteiger partial charge in [-0.2, -0.15) is 0 Å². The van der Waals surface area contributed by atoms with E-state index < -0.39 is 0 Å². The van der Waals surface area contributed by atoms with Crippen LogP contribution in [0.4, 0.5) is 0 Å². The Kier molecular flexibility index (Phi) is 12.0. The number of nitrogens with zero attached hydrogens (tertiary/aromatic N) is 7. The van der Waals surface area contributed by atoms with E-state index in [1.165, 1.54) is 14.0 Å². The van der Waals surface area contributed by atoms with Crippen LogP contribution in [-0.4, -0.2) is 92.2 Å². The summed E-state index contributed by atoms with van der Waals surface area (Å²) in [5.41, 5.74) is 8.90. The molecule has 284 valence electrons. The van der Waals surface area contributed by atoms with Crippen molar-refractivity contribution < 1.29 is 0 Å². The van der Waals surface area contributed by atoms with Gasteiger partial charge in [0.1, 0.15) is 0 Å². The maximum absolute atomic E-state index is 13.2. The molecule has 0 bridgehead atoms. The van der Waals surface area contributed by atoms with Crippen molar-refractivity contribution >= 4 is 18.6 Å². The van der Waals surface area contributed by atoms with Crippen LogP contribution < -0.4 is 16.7 Å². The molecule has 0 radical (unpaired) electrons. The third kappa shape index (κ3) is 9.07. The van der Waals surface area contributed by atoms with Crippen LogP contribution in [0, 0.1) is 41.5 Å². The van der Waals surface area contributed by atoms with Gasteiger partial charge in [0.2, 0.25) is 0 Å². The van der Waals surface area contributed by atoms with Crippen LogP contribution in [0.2, 0.25) is 0 Å². The number of benzene rings is 3. The fourth-order valence-corrected chi connectivity index (χ4v) is 6.16. The van der Waals surface area contributed by atoms with E-state index in [0.29, 0.717) is 56.0 Å². The van der Waals surface area contributed by atoms with Crippen molar-refractivity contribution in [3.63, 3.8) is 0 Å². The summed E-state index contributed by atoms with van der Waals surface area (Å²) >= 11 is 0. The number of H-pyrrole nitrogens is 3. The lowest BCUT2D eigenvalue weighted by atomic mass is 10.2. The van der Waals surface area contributed by atoms with Gasteiger partial charge in [-0.1, -0.05) is 53.1 Å². The monoisotopic (exact) mass is 740 g/mol. The number of hydrogen-bond acceptors (Lipinski definition) is 7. The number of aromatic amines is 3. The predicted octanol–water partition coefficient (Wildman–Crippen LogP) is 4.93. The van der Waals surface area contributed by atoms with E-state index in [0.717, 1.165) is 50.8 Å². The molecule has 0 aliphatic rings. The Morgan fingerprint density at radius 1 is 0.455 bits per heavy atom. The van der Waals surface area contributed by atoms with Gasteiger partial charge in [0, 0.05) is 55.4 Å². The maximum Gasteiger partial charge on any atom is 0.280 e. The molecular weight excluding hydrogens is 693 g/mol. The van der Waals surface area contributed by atoms with Gasteiger partial charge < -0.3 is 0 Å². The molecule has 0 aliphatic heterocycles. The first-order valence-electron chi connectivity index (χ1n) is 18.4. The summed E-state index contributed by atoms with van der Waals surface area (Å²) in [4.78, 5) is 55.7. The van der Waals surface area contributed by atoms with Gasteiger partial charge in [-0.15, -0.1) is 0 Å². The summed E-state index contributed by atoms with van der Waals surface area (Å²) in [7, 11) is 0. The van der Waals surface area contributed by atoms with Crippen molar-refractivity contribution in [1.29, 1.82) is 0 Å². The molecule has 3 aromatic heterocycles. The zero-order valence-electron chi connectivity index (χ0n) is 32.3. The summed E-state index contributed by atoms with van der Waals surface area (Å²) in [5.74, 6) is 0. The van der Waals surface area contributed by atoms with Gasteiger partial charge in [-0.3, -0.25) is 49.6 Å². The molecule has 6 rings (SSSR count). The van der Waals surface area contributed by atoms with E-state index >= 15 is 0 Å². The molecule has 0 atom stereocenters. The van der Waals surface area contributed by atoms with Gasteiger partial charge in [0.25, 0.3) is 16.7 Å². The third-order valence-electron chi connectivity index (χ3n) is 9.52. The minimum absolute atomic E-state index is 0.159. The third-order valence-corrected chi connectivity index (χ3v) is 9.52. The molecule has 0 saturated carbocycles. The smallest absolute Gasteiger partial charge is 0.280 e. The van der Waals surface area contributed by atoms with Crippen molar-refractivity contribution in [2.45, 2.75) is 41.5 Å². The van der Waals surface area contributed by atoms with E-state index in [4.69, 9.17) is 0 Å². The molecule has 13 heteroatoms. The van der Waals surface area contributed by atoms with E-state index in [9.17, 15) is 14.4 Å². The first-order valence-corrected chi connectivity index (χ1v) is 18.4. The highest BCUT2D eigenvalue weighted by Crippen LogP contribution is 2.11. The number of aryl methyl sites for hydroxylation is 6. The molecule has 0 unspecified atom stereocenters. The SMILES string of the molecule is Cc1ccc(-n2[nH]c(C)c(C=NCCN(CCN=Cc3c(C)[nH]n(-c4ccc(C)cc4)c3=O)CCN=Cc3c(C)[nH]n(-c4ccc(C)cc4)c3=O)c2=O)cc1. The molecule has 0 fully saturated rings. The van der Waals surface area contributed by atoms with Crippen LogP contribution in [-0.2, 0) is 0 Å². The minimum Gasteiger partial charge on any atom is -0.298 e. The predicted molar refractivity (Wildman–Crippen MR) is 221 cm³/mol.